The zero-order chi connectivity index (χ0) is 25.5. The normalized spacial score (nSPS) is 13.8. The van der Waals surface area contributed by atoms with Gasteiger partial charge in [0.2, 0.25) is 0 Å². The number of nitrogens with one attached hydrogen (secondary N) is 3. The molecule has 1 aliphatic heterocycles. The first-order valence-electron chi connectivity index (χ1n) is 12.8. The Hall–Kier alpha value is -3.80. The average molecular weight is 485 g/mol. The maximum Gasteiger partial charge on any atom is 0.323 e. The van der Waals surface area contributed by atoms with Crippen molar-refractivity contribution in [2.24, 2.45) is 5.92 Å². The summed E-state index contributed by atoms with van der Waals surface area (Å²) in [4.78, 5) is 28.3. The monoisotopic (exact) mass is 484 g/mol. The Balaban J connectivity index is 1.49. The average Bonchev–Trinajstić information content (AvgIpc) is 2.87. The largest absolute Gasteiger partial charge is 0.371 e. The van der Waals surface area contributed by atoms with E-state index in [9.17, 15) is 9.59 Å². The molecule has 0 spiro atoms. The van der Waals surface area contributed by atoms with Gasteiger partial charge in [-0.3, -0.25) is 4.79 Å². The molecule has 3 aromatic carbocycles. The number of urea groups is 1. The number of amides is 3. The molecule has 0 radical (unpaired) electrons. The molecule has 0 bridgehead atoms. The minimum Gasteiger partial charge on any atom is -0.371 e. The van der Waals surface area contributed by atoms with Gasteiger partial charge in [-0.05, 0) is 74.4 Å². The molecule has 0 aliphatic carbocycles. The number of hydrogen-bond donors (Lipinski definition) is 3. The first kappa shape index (κ1) is 25.3. The van der Waals surface area contributed by atoms with Crippen LogP contribution in [-0.4, -0.2) is 31.6 Å². The number of carbonyl (C=O) groups is 2. The van der Waals surface area contributed by atoms with E-state index in [4.69, 9.17) is 0 Å². The fourth-order valence-corrected chi connectivity index (χ4v) is 4.62. The van der Waals surface area contributed by atoms with E-state index in [1.54, 1.807) is 6.07 Å². The molecule has 1 fully saturated rings. The van der Waals surface area contributed by atoms with Gasteiger partial charge in [0, 0.05) is 36.7 Å². The highest BCUT2D eigenvalue weighted by Crippen LogP contribution is 2.29. The maximum absolute atomic E-state index is 13.3. The van der Waals surface area contributed by atoms with Gasteiger partial charge in [-0.15, -0.1) is 0 Å². The third-order valence-electron chi connectivity index (χ3n) is 6.80. The number of anilines is 3. The Morgan fingerprint density at radius 1 is 0.917 bits per heavy atom. The van der Waals surface area contributed by atoms with Crippen molar-refractivity contribution >= 4 is 29.0 Å². The van der Waals surface area contributed by atoms with Gasteiger partial charge in [0.05, 0.1) is 5.56 Å². The third-order valence-corrected chi connectivity index (χ3v) is 6.80. The molecule has 0 atom stereocenters. The second kappa shape index (κ2) is 11.8. The summed E-state index contributed by atoms with van der Waals surface area (Å²) in [6.07, 6.45) is 2.97. The quantitative estimate of drug-likeness (QED) is 0.376. The van der Waals surface area contributed by atoms with Gasteiger partial charge in [0.15, 0.2) is 0 Å². The van der Waals surface area contributed by atoms with Gasteiger partial charge in [0.25, 0.3) is 5.91 Å². The number of aryl methyl sites for hydroxylation is 2. The Bertz CT molecular complexity index is 1200. The lowest BCUT2D eigenvalue weighted by Gasteiger charge is -2.33. The van der Waals surface area contributed by atoms with E-state index in [1.807, 2.05) is 62.4 Å². The molecule has 6 nitrogen and oxygen atoms in total. The van der Waals surface area contributed by atoms with Gasteiger partial charge in [-0.1, -0.05) is 55.0 Å². The van der Waals surface area contributed by atoms with Crippen LogP contribution in [0.5, 0.6) is 0 Å². The first-order chi connectivity index (χ1) is 17.4. The van der Waals surface area contributed by atoms with Gasteiger partial charge in [-0.2, -0.15) is 0 Å². The summed E-state index contributed by atoms with van der Waals surface area (Å²) in [5.74, 6) is 0.567. The predicted octanol–water partition coefficient (Wildman–Crippen LogP) is 6.16. The Morgan fingerprint density at radius 2 is 1.67 bits per heavy atom. The number of carbonyl (C=O) groups excluding carboxylic acids is 2. The van der Waals surface area contributed by atoms with E-state index >= 15 is 0 Å². The van der Waals surface area contributed by atoms with Crippen LogP contribution < -0.4 is 20.9 Å². The van der Waals surface area contributed by atoms with Crippen LogP contribution >= 0.6 is 0 Å². The van der Waals surface area contributed by atoms with Crippen molar-refractivity contribution in [2.45, 2.75) is 40.0 Å². The fraction of sp³-hybridized carbons (Fsp3) is 0.333. The van der Waals surface area contributed by atoms with Crippen LogP contribution in [0.4, 0.5) is 21.9 Å². The maximum atomic E-state index is 13.3. The summed E-state index contributed by atoms with van der Waals surface area (Å²) < 4.78 is 0. The molecule has 1 aliphatic rings. The van der Waals surface area contributed by atoms with Crippen molar-refractivity contribution in [1.29, 1.82) is 0 Å². The zero-order valence-corrected chi connectivity index (χ0v) is 21.4. The van der Waals surface area contributed by atoms with Crippen LogP contribution in [0, 0.1) is 19.8 Å². The number of rotatable bonds is 7. The van der Waals surface area contributed by atoms with Crippen molar-refractivity contribution in [3.05, 3.63) is 89.0 Å². The first-order valence-corrected chi connectivity index (χ1v) is 12.8. The molecule has 1 heterocycles. The predicted molar refractivity (Wildman–Crippen MR) is 148 cm³/mol. The van der Waals surface area contributed by atoms with Gasteiger partial charge >= 0.3 is 6.03 Å². The summed E-state index contributed by atoms with van der Waals surface area (Å²) in [6, 6.07) is 21.3. The van der Waals surface area contributed by atoms with E-state index in [2.05, 4.69) is 39.9 Å². The highest BCUT2D eigenvalue weighted by molar-refractivity contribution is 6.04. The molecule has 3 amide bonds. The minimum absolute atomic E-state index is 0.127. The summed E-state index contributed by atoms with van der Waals surface area (Å²) in [7, 11) is 0. The molecule has 4 rings (SSSR count). The molecule has 0 saturated carbocycles. The summed E-state index contributed by atoms with van der Waals surface area (Å²) in [5, 5.41) is 8.88. The molecular formula is C30H36N4O2. The lowest BCUT2D eigenvalue weighted by molar-refractivity contribution is 0.0954. The second-order valence-electron chi connectivity index (χ2n) is 9.79. The molecule has 6 heteroatoms. The third kappa shape index (κ3) is 6.66. The lowest BCUT2D eigenvalue weighted by Crippen LogP contribution is -2.35. The smallest absolute Gasteiger partial charge is 0.323 e. The zero-order valence-electron chi connectivity index (χ0n) is 21.4. The van der Waals surface area contributed by atoms with Crippen LogP contribution in [0.15, 0.2) is 66.7 Å². The second-order valence-corrected chi connectivity index (χ2v) is 9.79. The fourth-order valence-electron chi connectivity index (χ4n) is 4.62. The van der Waals surface area contributed by atoms with Crippen molar-refractivity contribution in [1.82, 2.24) is 5.32 Å². The van der Waals surface area contributed by atoms with Crippen LogP contribution in [-0.2, 0) is 6.42 Å². The molecule has 3 aromatic rings. The summed E-state index contributed by atoms with van der Waals surface area (Å²) in [6.45, 7) is 8.65. The summed E-state index contributed by atoms with van der Waals surface area (Å²) >= 11 is 0. The molecule has 188 valence electrons. The molecular weight excluding hydrogens is 448 g/mol. The van der Waals surface area contributed by atoms with Gasteiger partial charge < -0.3 is 20.9 Å². The highest BCUT2D eigenvalue weighted by Gasteiger charge is 2.22. The lowest BCUT2D eigenvalue weighted by atomic mass is 9.97. The van der Waals surface area contributed by atoms with Crippen molar-refractivity contribution in [3.8, 4) is 0 Å². The number of nitrogens with zero attached hydrogens (tertiary/aromatic N) is 1. The van der Waals surface area contributed by atoms with E-state index in [-0.39, 0.29) is 11.9 Å². The van der Waals surface area contributed by atoms with Crippen molar-refractivity contribution in [3.63, 3.8) is 0 Å². The minimum atomic E-state index is -0.336. The van der Waals surface area contributed by atoms with Crippen molar-refractivity contribution < 1.29 is 9.59 Å². The van der Waals surface area contributed by atoms with E-state index in [0.717, 1.165) is 54.9 Å². The SMILES string of the molecule is Cc1ccc(NC(=O)Nc2ccc(N3CCC(C)CC3)c(C(=O)NCCc3ccccc3)c2)c(C)c1. The standard InChI is InChI=1S/C30H36N4O2/c1-21-14-17-34(18-15-21)28-12-10-25(32-30(36)33-27-11-9-22(2)19-23(27)3)20-26(28)29(35)31-16-13-24-7-5-4-6-8-24/h4-12,19-21H,13-18H2,1-3H3,(H,31,35)(H2,32,33,36). The number of hydrogen-bond acceptors (Lipinski definition) is 3. The summed E-state index contributed by atoms with van der Waals surface area (Å²) in [5.41, 5.74) is 6.17. The highest BCUT2D eigenvalue weighted by atomic mass is 16.2. The van der Waals surface area contributed by atoms with Gasteiger partial charge in [-0.25, -0.2) is 4.79 Å². The molecule has 3 N–H and O–H groups in total. The van der Waals surface area contributed by atoms with E-state index in [0.29, 0.717) is 23.7 Å². The topological polar surface area (TPSA) is 73.5 Å². The molecule has 36 heavy (non-hydrogen) atoms. The molecule has 1 saturated heterocycles. The van der Waals surface area contributed by atoms with E-state index < -0.39 is 0 Å². The van der Waals surface area contributed by atoms with Crippen LogP contribution in [0.3, 0.4) is 0 Å². The van der Waals surface area contributed by atoms with Crippen LogP contribution in [0.2, 0.25) is 0 Å². The van der Waals surface area contributed by atoms with Crippen LogP contribution in [0.1, 0.15) is 46.8 Å². The number of piperidine rings is 1. The Labute approximate surface area is 214 Å². The van der Waals surface area contributed by atoms with Crippen molar-refractivity contribution in [2.75, 3.05) is 35.2 Å². The molecule has 0 unspecified atom stereocenters. The molecule has 0 aromatic heterocycles. The van der Waals surface area contributed by atoms with Crippen LogP contribution in [0.25, 0.3) is 0 Å². The van der Waals surface area contributed by atoms with E-state index in [1.165, 1.54) is 5.56 Å². The Kier molecular flexibility index (Phi) is 8.26. The Morgan fingerprint density at radius 3 is 2.39 bits per heavy atom. The number of benzene rings is 3. The van der Waals surface area contributed by atoms with Gasteiger partial charge in [0.1, 0.15) is 0 Å².